The van der Waals surface area contributed by atoms with Crippen molar-refractivity contribution in [2.24, 2.45) is 11.7 Å². The molecule has 1 aliphatic rings. The third-order valence-electron chi connectivity index (χ3n) is 4.07. The highest BCUT2D eigenvalue weighted by molar-refractivity contribution is 5.85. The van der Waals surface area contributed by atoms with Gasteiger partial charge in [-0.3, -0.25) is 4.79 Å². The molecule has 1 aromatic rings. The lowest BCUT2D eigenvalue weighted by molar-refractivity contribution is -0.124. The lowest BCUT2D eigenvalue weighted by Gasteiger charge is -2.26. The maximum absolute atomic E-state index is 12.1. The Hall–Kier alpha value is -1.10. The zero-order chi connectivity index (χ0) is 15.2. The van der Waals surface area contributed by atoms with Gasteiger partial charge in [-0.05, 0) is 44.6 Å². The molecule has 1 heterocycles. The van der Waals surface area contributed by atoms with Crippen molar-refractivity contribution < 1.29 is 9.53 Å². The highest BCUT2D eigenvalue weighted by atomic mass is 35.5. The molecule has 1 atom stereocenters. The Morgan fingerprint density at radius 3 is 2.45 bits per heavy atom. The first kappa shape index (κ1) is 18.9. The summed E-state index contributed by atoms with van der Waals surface area (Å²) in [6.07, 6.45) is 2.60. The molecule has 1 saturated heterocycles. The van der Waals surface area contributed by atoms with Crippen LogP contribution >= 0.6 is 12.4 Å². The Bertz CT molecular complexity index is 467. The van der Waals surface area contributed by atoms with Gasteiger partial charge in [0.05, 0.1) is 6.04 Å². The quantitative estimate of drug-likeness (QED) is 0.871. The smallest absolute Gasteiger partial charge is 0.237 e. The molecule has 1 aromatic carbocycles. The minimum Gasteiger partial charge on any atom is -0.381 e. The molecule has 124 valence electrons. The van der Waals surface area contributed by atoms with Gasteiger partial charge in [-0.15, -0.1) is 12.4 Å². The number of halogens is 1. The Labute approximate surface area is 139 Å². The van der Waals surface area contributed by atoms with E-state index < -0.39 is 6.04 Å². The Morgan fingerprint density at radius 2 is 1.86 bits per heavy atom. The standard InChI is InChI=1S/C17H26N2O2.ClH/c1-12-9-13(2)11-14(10-12)3-6-19-17(20)16(18)15-4-7-21-8-5-15;/h9-11,15-16H,3-8,18H2,1-2H3,(H,19,20);1H. The van der Waals surface area contributed by atoms with Crippen LogP contribution in [0.2, 0.25) is 0 Å². The number of aryl methyl sites for hydroxylation is 2. The van der Waals surface area contributed by atoms with Gasteiger partial charge in [0.1, 0.15) is 0 Å². The maximum Gasteiger partial charge on any atom is 0.237 e. The van der Waals surface area contributed by atoms with E-state index in [4.69, 9.17) is 10.5 Å². The number of hydrogen-bond acceptors (Lipinski definition) is 3. The van der Waals surface area contributed by atoms with Gasteiger partial charge in [0.25, 0.3) is 0 Å². The van der Waals surface area contributed by atoms with Gasteiger partial charge in [0.15, 0.2) is 0 Å². The number of carbonyl (C=O) groups is 1. The van der Waals surface area contributed by atoms with E-state index in [0.717, 1.165) is 19.3 Å². The summed E-state index contributed by atoms with van der Waals surface area (Å²) in [5, 5.41) is 2.96. The minimum atomic E-state index is -0.409. The number of benzene rings is 1. The van der Waals surface area contributed by atoms with Crippen LogP contribution in [0.15, 0.2) is 18.2 Å². The molecule has 0 bridgehead atoms. The monoisotopic (exact) mass is 326 g/mol. The van der Waals surface area contributed by atoms with Crippen LogP contribution in [0.1, 0.15) is 29.5 Å². The van der Waals surface area contributed by atoms with Gasteiger partial charge in [0, 0.05) is 19.8 Å². The fourth-order valence-electron chi connectivity index (χ4n) is 2.95. The summed E-state index contributed by atoms with van der Waals surface area (Å²) in [5.74, 6) is 0.214. The lowest BCUT2D eigenvalue weighted by atomic mass is 9.92. The van der Waals surface area contributed by atoms with Crippen molar-refractivity contribution in [2.45, 2.75) is 39.2 Å². The highest BCUT2D eigenvalue weighted by Gasteiger charge is 2.26. The number of rotatable bonds is 5. The van der Waals surface area contributed by atoms with Crippen LogP contribution in [0.5, 0.6) is 0 Å². The summed E-state index contributed by atoms with van der Waals surface area (Å²) in [6.45, 7) is 6.26. The SMILES string of the molecule is Cc1cc(C)cc(CCNC(=O)C(N)C2CCOCC2)c1.Cl. The molecular weight excluding hydrogens is 300 g/mol. The molecule has 1 aliphatic heterocycles. The molecule has 2 rings (SSSR count). The number of hydrogen-bond donors (Lipinski definition) is 2. The topological polar surface area (TPSA) is 64.4 Å². The van der Waals surface area contributed by atoms with Crippen molar-refractivity contribution >= 4 is 18.3 Å². The average molecular weight is 327 g/mol. The first-order chi connectivity index (χ1) is 10.1. The zero-order valence-corrected chi connectivity index (χ0v) is 14.2. The molecule has 3 N–H and O–H groups in total. The minimum absolute atomic E-state index is 0. The van der Waals surface area contributed by atoms with E-state index in [1.54, 1.807) is 0 Å². The molecule has 4 nitrogen and oxygen atoms in total. The van der Waals surface area contributed by atoms with Gasteiger partial charge in [0.2, 0.25) is 5.91 Å². The second-order valence-corrected chi connectivity index (χ2v) is 6.01. The van der Waals surface area contributed by atoms with Crippen molar-refractivity contribution in [1.29, 1.82) is 0 Å². The fraction of sp³-hybridized carbons (Fsp3) is 0.588. The van der Waals surface area contributed by atoms with E-state index >= 15 is 0 Å². The Kier molecular flexibility index (Phi) is 7.87. The van der Waals surface area contributed by atoms with Crippen LogP contribution in [0.4, 0.5) is 0 Å². The molecule has 1 fully saturated rings. The van der Waals surface area contributed by atoms with E-state index in [2.05, 4.69) is 37.4 Å². The second-order valence-electron chi connectivity index (χ2n) is 6.01. The number of nitrogens with two attached hydrogens (primary N) is 1. The number of carbonyl (C=O) groups excluding carboxylic acids is 1. The summed E-state index contributed by atoms with van der Waals surface area (Å²) < 4.78 is 5.30. The average Bonchev–Trinajstić information content (AvgIpc) is 2.46. The Balaban J connectivity index is 0.00000242. The van der Waals surface area contributed by atoms with E-state index in [1.807, 2.05) is 0 Å². The van der Waals surface area contributed by atoms with Crippen LogP contribution in [0, 0.1) is 19.8 Å². The van der Waals surface area contributed by atoms with Crippen LogP contribution < -0.4 is 11.1 Å². The number of ether oxygens (including phenoxy) is 1. The molecule has 22 heavy (non-hydrogen) atoms. The van der Waals surface area contributed by atoms with E-state index in [-0.39, 0.29) is 24.2 Å². The molecule has 0 aliphatic carbocycles. The van der Waals surface area contributed by atoms with Crippen molar-refractivity contribution in [1.82, 2.24) is 5.32 Å². The van der Waals surface area contributed by atoms with E-state index in [1.165, 1.54) is 16.7 Å². The van der Waals surface area contributed by atoms with Crippen LogP contribution in [-0.2, 0) is 16.0 Å². The molecule has 0 saturated carbocycles. The van der Waals surface area contributed by atoms with Crippen LogP contribution in [0.3, 0.4) is 0 Å². The van der Waals surface area contributed by atoms with Crippen molar-refractivity contribution in [3.05, 3.63) is 34.9 Å². The Morgan fingerprint density at radius 1 is 1.27 bits per heavy atom. The summed E-state index contributed by atoms with van der Waals surface area (Å²) >= 11 is 0. The predicted molar refractivity (Wildman–Crippen MR) is 91.4 cm³/mol. The lowest BCUT2D eigenvalue weighted by Crippen LogP contribution is -2.47. The molecular formula is C17H27ClN2O2. The van der Waals surface area contributed by atoms with Gasteiger partial charge in [-0.1, -0.05) is 29.3 Å². The molecule has 0 radical (unpaired) electrons. The zero-order valence-electron chi connectivity index (χ0n) is 13.4. The molecule has 1 amide bonds. The van der Waals surface area contributed by atoms with Crippen LogP contribution in [-0.4, -0.2) is 31.7 Å². The highest BCUT2D eigenvalue weighted by Crippen LogP contribution is 2.17. The normalized spacial score (nSPS) is 16.7. The van der Waals surface area contributed by atoms with Crippen molar-refractivity contribution in [3.63, 3.8) is 0 Å². The molecule has 0 spiro atoms. The summed E-state index contributed by atoms with van der Waals surface area (Å²) in [6, 6.07) is 6.08. The van der Waals surface area contributed by atoms with Crippen molar-refractivity contribution in [3.8, 4) is 0 Å². The first-order valence-electron chi connectivity index (χ1n) is 7.74. The third-order valence-corrected chi connectivity index (χ3v) is 4.07. The molecule has 5 heteroatoms. The molecule has 0 aromatic heterocycles. The second kappa shape index (κ2) is 9.13. The van der Waals surface area contributed by atoms with Gasteiger partial charge < -0.3 is 15.8 Å². The predicted octanol–water partition coefficient (Wildman–Crippen LogP) is 2.14. The number of nitrogens with one attached hydrogen (secondary N) is 1. The number of amides is 1. The third kappa shape index (κ3) is 5.59. The van der Waals surface area contributed by atoms with E-state index in [9.17, 15) is 4.79 Å². The summed E-state index contributed by atoms with van der Waals surface area (Å²) in [7, 11) is 0. The first-order valence-corrected chi connectivity index (χ1v) is 7.74. The fourth-order valence-corrected chi connectivity index (χ4v) is 2.95. The summed E-state index contributed by atoms with van der Waals surface area (Å²) in [5.41, 5.74) is 9.83. The van der Waals surface area contributed by atoms with Gasteiger partial charge >= 0.3 is 0 Å². The molecule has 1 unspecified atom stereocenters. The summed E-state index contributed by atoms with van der Waals surface area (Å²) in [4.78, 5) is 12.1. The van der Waals surface area contributed by atoms with Crippen LogP contribution in [0.25, 0.3) is 0 Å². The maximum atomic E-state index is 12.1. The van der Waals surface area contributed by atoms with Crippen molar-refractivity contribution in [2.75, 3.05) is 19.8 Å². The largest absolute Gasteiger partial charge is 0.381 e. The van der Waals surface area contributed by atoms with E-state index in [0.29, 0.717) is 19.8 Å². The van der Waals surface area contributed by atoms with Gasteiger partial charge in [-0.25, -0.2) is 0 Å². The van der Waals surface area contributed by atoms with Gasteiger partial charge in [-0.2, -0.15) is 0 Å².